The molecule has 0 bridgehead atoms. The van der Waals surface area contributed by atoms with E-state index in [0.717, 1.165) is 33.4 Å². The molecule has 6 aromatic carbocycles. The standard InChI is InChI=1S/C62H71N3O7S2/c1-44(2)40-53(63-56(68)41-52(66)38-24-25-39-73-61(46-26-12-6-13-27-46,47-28-14-7-15-29-47)48-30-16-8-17-31-48)59(70)64-54(60(71)65-58(45(3)4)55(67)42-57(69)72-5)43-74-62(49-32-18-9-19-33-49,50-34-20-10-21-35-50)51-36-22-11-23-37-51/h6-24,26-38,44-45,52-55,58,66-67H,25,39-43H2,1-5H3,(H,63,68)(H,64,70)(H,65,71)/t52-,53-,54-,55+,58-/m1/s1. The lowest BCUT2D eigenvalue weighted by Gasteiger charge is -2.37. The molecule has 0 fully saturated rings. The molecule has 0 aromatic heterocycles. The van der Waals surface area contributed by atoms with Crippen LogP contribution >= 0.6 is 23.5 Å². The maximum absolute atomic E-state index is 14.7. The largest absolute Gasteiger partial charge is 0.469 e. The lowest BCUT2D eigenvalue weighted by atomic mass is 9.84. The third-order valence-electron chi connectivity index (χ3n) is 12.9. The van der Waals surface area contributed by atoms with Gasteiger partial charge in [-0.1, -0.05) is 222 Å². The van der Waals surface area contributed by atoms with Gasteiger partial charge >= 0.3 is 5.97 Å². The third kappa shape index (κ3) is 15.1. The number of aliphatic hydroxyl groups excluding tert-OH is 2. The SMILES string of the molecule is COC(=O)C[C@H](O)[C@H](NC(=O)[C@@H](CSC(c1ccccc1)(c1ccccc1)c1ccccc1)NC(=O)[C@@H](CC(C)C)NC(=O)C[C@H](O)C=CCCSC(c1ccccc1)(c1ccccc1)c1ccccc1)C(C)C. The van der Waals surface area contributed by atoms with E-state index in [1.54, 1.807) is 6.08 Å². The molecular weight excluding hydrogens is 963 g/mol. The number of hydrogen-bond donors (Lipinski definition) is 5. The fraction of sp³-hybridized carbons (Fsp3) is 0.323. The molecular formula is C62H71N3O7S2. The van der Waals surface area contributed by atoms with E-state index in [0.29, 0.717) is 12.2 Å². The highest BCUT2D eigenvalue weighted by molar-refractivity contribution is 8.00. The fourth-order valence-electron chi connectivity index (χ4n) is 9.30. The first-order valence-corrected chi connectivity index (χ1v) is 27.4. The maximum atomic E-state index is 14.7. The summed E-state index contributed by atoms with van der Waals surface area (Å²) in [6.07, 6.45) is 1.38. The van der Waals surface area contributed by atoms with Crippen molar-refractivity contribution in [2.24, 2.45) is 11.8 Å². The minimum Gasteiger partial charge on any atom is -0.469 e. The lowest BCUT2D eigenvalue weighted by molar-refractivity contribution is -0.144. The van der Waals surface area contributed by atoms with Crippen LogP contribution in [0.25, 0.3) is 0 Å². The van der Waals surface area contributed by atoms with E-state index in [1.807, 2.05) is 155 Å². The van der Waals surface area contributed by atoms with Gasteiger partial charge in [-0.2, -0.15) is 0 Å². The van der Waals surface area contributed by atoms with E-state index in [1.165, 1.54) is 18.9 Å². The zero-order valence-corrected chi connectivity index (χ0v) is 44.6. The van der Waals surface area contributed by atoms with Crippen molar-refractivity contribution in [2.45, 2.75) is 93.2 Å². The van der Waals surface area contributed by atoms with Gasteiger partial charge in [0, 0.05) is 5.75 Å². The van der Waals surface area contributed by atoms with Gasteiger partial charge in [0.05, 0.1) is 47.7 Å². The van der Waals surface area contributed by atoms with E-state index in [9.17, 15) is 29.4 Å². The summed E-state index contributed by atoms with van der Waals surface area (Å²) < 4.78 is 3.49. The Bertz CT molecular complexity index is 2480. The first kappa shape index (κ1) is 56.8. The molecule has 0 radical (unpaired) electrons. The van der Waals surface area contributed by atoms with Crippen LogP contribution in [0.1, 0.15) is 86.8 Å². The van der Waals surface area contributed by atoms with Crippen LogP contribution in [-0.4, -0.2) is 82.9 Å². The van der Waals surface area contributed by atoms with E-state index in [4.69, 9.17) is 4.74 Å². The van der Waals surface area contributed by atoms with Crippen molar-refractivity contribution in [1.29, 1.82) is 0 Å². The normalized spacial score (nSPS) is 13.9. The molecule has 0 unspecified atom stereocenters. The number of rotatable bonds is 27. The molecule has 0 spiro atoms. The van der Waals surface area contributed by atoms with E-state index >= 15 is 0 Å². The van der Waals surface area contributed by atoms with Gasteiger partial charge in [0.15, 0.2) is 0 Å². The van der Waals surface area contributed by atoms with Crippen molar-refractivity contribution in [3.8, 4) is 0 Å². The number of methoxy groups -OCH3 is 1. The van der Waals surface area contributed by atoms with E-state index in [-0.39, 0.29) is 36.9 Å². The fourth-order valence-corrected chi connectivity index (χ4v) is 12.3. The number of thioether (sulfide) groups is 2. The molecule has 6 rings (SSSR count). The van der Waals surface area contributed by atoms with Gasteiger partial charge in [0.2, 0.25) is 17.7 Å². The smallest absolute Gasteiger partial charge is 0.308 e. The van der Waals surface area contributed by atoms with Crippen LogP contribution in [0.2, 0.25) is 0 Å². The molecule has 0 heterocycles. The minimum atomic E-state index is -1.27. The number of esters is 1. The number of carbonyl (C=O) groups is 4. The highest BCUT2D eigenvalue weighted by atomic mass is 32.2. The van der Waals surface area contributed by atoms with Gasteiger partial charge in [-0.25, -0.2) is 0 Å². The van der Waals surface area contributed by atoms with Gasteiger partial charge in [0.1, 0.15) is 12.1 Å². The summed E-state index contributed by atoms with van der Waals surface area (Å²) >= 11 is 3.29. The Balaban J connectivity index is 1.20. The van der Waals surface area contributed by atoms with Crippen LogP contribution in [0.15, 0.2) is 194 Å². The molecule has 12 heteroatoms. The summed E-state index contributed by atoms with van der Waals surface area (Å²) in [4.78, 5) is 55.4. The molecule has 0 aliphatic carbocycles. The molecule has 10 nitrogen and oxygen atoms in total. The highest BCUT2D eigenvalue weighted by Crippen LogP contribution is 2.50. The topological polar surface area (TPSA) is 154 Å². The van der Waals surface area contributed by atoms with E-state index < -0.39 is 63.5 Å². The van der Waals surface area contributed by atoms with Crippen molar-refractivity contribution in [3.05, 3.63) is 228 Å². The Morgan fingerprint density at radius 2 is 0.932 bits per heavy atom. The van der Waals surface area contributed by atoms with Crippen molar-refractivity contribution < 1.29 is 34.1 Å². The number of allylic oxidation sites excluding steroid dienone is 1. The van der Waals surface area contributed by atoms with Gasteiger partial charge < -0.3 is 30.9 Å². The summed E-state index contributed by atoms with van der Waals surface area (Å²) in [7, 11) is 1.24. The van der Waals surface area contributed by atoms with Crippen molar-refractivity contribution >= 4 is 47.2 Å². The van der Waals surface area contributed by atoms with Crippen LogP contribution in [-0.2, 0) is 33.4 Å². The predicted octanol–water partition coefficient (Wildman–Crippen LogP) is 10.2. The lowest BCUT2D eigenvalue weighted by Crippen LogP contribution is -2.58. The minimum absolute atomic E-state index is 0.0366. The average molecular weight is 1030 g/mol. The number of aliphatic hydroxyl groups is 2. The summed E-state index contributed by atoms with van der Waals surface area (Å²) in [5.41, 5.74) is 6.33. The zero-order chi connectivity index (χ0) is 52.9. The second kappa shape index (κ2) is 28.3. The van der Waals surface area contributed by atoms with Crippen LogP contribution in [0.5, 0.6) is 0 Å². The first-order chi connectivity index (χ1) is 35.8. The molecule has 0 saturated carbocycles. The number of ether oxygens (including phenoxy) is 1. The van der Waals surface area contributed by atoms with Crippen LogP contribution in [0, 0.1) is 11.8 Å². The molecule has 3 amide bonds. The number of benzene rings is 6. The van der Waals surface area contributed by atoms with Crippen LogP contribution in [0.3, 0.4) is 0 Å². The van der Waals surface area contributed by atoms with Gasteiger partial charge in [-0.3, -0.25) is 19.2 Å². The Kier molecular flexibility index (Phi) is 21.7. The molecule has 5 atom stereocenters. The summed E-state index contributed by atoms with van der Waals surface area (Å²) in [5.74, 6) is -1.87. The molecule has 0 aliphatic heterocycles. The van der Waals surface area contributed by atoms with Crippen molar-refractivity contribution in [3.63, 3.8) is 0 Å². The molecule has 5 N–H and O–H groups in total. The van der Waals surface area contributed by atoms with E-state index in [2.05, 4.69) is 88.7 Å². The number of nitrogens with one attached hydrogen (secondary N) is 3. The number of hydrogen-bond acceptors (Lipinski definition) is 9. The summed E-state index contributed by atoms with van der Waals surface area (Å²) in [6.45, 7) is 7.52. The Morgan fingerprint density at radius 1 is 0.541 bits per heavy atom. The van der Waals surface area contributed by atoms with Crippen LogP contribution in [0.4, 0.5) is 0 Å². The Hall–Kier alpha value is -6.44. The highest BCUT2D eigenvalue weighted by Gasteiger charge is 2.40. The molecule has 0 saturated heterocycles. The second-order valence-electron chi connectivity index (χ2n) is 19.1. The van der Waals surface area contributed by atoms with Gasteiger partial charge in [0.25, 0.3) is 0 Å². The third-order valence-corrected chi connectivity index (χ3v) is 16.2. The second-order valence-corrected chi connectivity index (χ2v) is 21.7. The van der Waals surface area contributed by atoms with Crippen molar-refractivity contribution in [1.82, 2.24) is 16.0 Å². The Morgan fingerprint density at radius 3 is 1.31 bits per heavy atom. The Labute approximate surface area is 446 Å². The van der Waals surface area contributed by atoms with Crippen LogP contribution < -0.4 is 16.0 Å². The van der Waals surface area contributed by atoms with Crippen molar-refractivity contribution in [2.75, 3.05) is 18.6 Å². The monoisotopic (exact) mass is 1030 g/mol. The molecule has 6 aromatic rings. The molecule has 0 aliphatic rings. The summed E-state index contributed by atoms with van der Waals surface area (Å²) in [6, 6.07) is 58.2. The van der Waals surface area contributed by atoms with Gasteiger partial charge in [-0.05, 0) is 63.8 Å². The van der Waals surface area contributed by atoms with Gasteiger partial charge in [-0.15, -0.1) is 23.5 Å². The average Bonchev–Trinajstić information content (AvgIpc) is 3.42. The molecule has 388 valence electrons. The number of carbonyl (C=O) groups excluding carboxylic acids is 4. The summed E-state index contributed by atoms with van der Waals surface area (Å²) in [5, 5.41) is 31.2. The quantitative estimate of drug-likeness (QED) is 0.0147. The molecule has 74 heavy (non-hydrogen) atoms. The maximum Gasteiger partial charge on any atom is 0.308 e. The first-order valence-electron chi connectivity index (χ1n) is 25.4. The zero-order valence-electron chi connectivity index (χ0n) is 43.0. The predicted molar refractivity (Wildman–Crippen MR) is 300 cm³/mol. The number of amides is 3.